The third kappa shape index (κ3) is 2.11. The quantitative estimate of drug-likeness (QED) is 0.539. The van der Waals surface area contributed by atoms with Crippen LogP contribution in [0.1, 0.15) is 20.8 Å². The van der Waals surface area contributed by atoms with E-state index in [0.29, 0.717) is 0 Å². The molecule has 0 bridgehead atoms. The minimum atomic E-state index is -1.06. The van der Waals surface area contributed by atoms with Crippen LogP contribution in [0.5, 0.6) is 0 Å². The van der Waals surface area contributed by atoms with Gasteiger partial charge in [-0.15, -0.1) is 0 Å². The summed E-state index contributed by atoms with van der Waals surface area (Å²) in [4.78, 5) is 21.5. The molecule has 0 aliphatic rings. The van der Waals surface area contributed by atoms with Gasteiger partial charge in [0, 0.05) is 0 Å². The monoisotopic (exact) mass is 173 g/mol. The standard InChI is InChI=1S/C7H15N3O2/c1-4(2)7(3,5(8)11)10-6(9)12/h4H,1-3H3,(H2,8,11)(H3,9,10,12). The molecule has 0 spiro atoms. The maximum atomic E-state index is 11.0. The first kappa shape index (κ1) is 10.7. The Kier molecular flexibility index (Phi) is 3.06. The fraction of sp³-hybridized carbons (Fsp3) is 0.714. The van der Waals surface area contributed by atoms with Crippen LogP contribution in [0.2, 0.25) is 0 Å². The molecular formula is C7H15N3O2. The molecule has 0 aliphatic carbocycles. The Hall–Kier alpha value is -1.26. The van der Waals surface area contributed by atoms with Gasteiger partial charge in [-0.2, -0.15) is 0 Å². The second-order valence-corrected chi connectivity index (χ2v) is 3.21. The number of amides is 3. The van der Waals surface area contributed by atoms with E-state index in [1.54, 1.807) is 20.8 Å². The Morgan fingerprint density at radius 1 is 1.33 bits per heavy atom. The summed E-state index contributed by atoms with van der Waals surface area (Å²) in [5.41, 5.74) is 8.94. The van der Waals surface area contributed by atoms with Crippen LogP contribution >= 0.6 is 0 Å². The molecule has 1 unspecified atom stereocenters. The number of carbonyl (C=O) groups is 2. The van der Waals surface area contributed by atoms with E-state index in [1.807, 2.05) is 0 Å². The van der Waals surface area contributed by atoms with Crippen LogP contribution in [0.4, 0.5) is 4.79 Å². The number of hydrogen-bond donors (Lipinski definition) is 3. The minimum absolute atomic E-state index is 0.0949. The third-order valence-electron chi connectivity index (χ3n) is 2.05. The van der Waals surface area contributed by atoms with Crippen LogP contribution in [0.3, 0.4) is 0 Å². The van der Waals surface area contributed by atoms with Gasteiger partial charge < -0.3 is 16.8 Å². The molecule has 0 rings (SSSR count). The molecule has 0 heterocycles. The van der Waals surface area contributed by atoms with Gasteiger partial charge in [0.05, 0.1) is 0 Å². The summed E-state index contributed by atoms with van der Waals surface area (Å²) in [5.74, 6) is -0.682. The first-order valence-corrected chi connectivity index (χ1v) is 3.68. The fourth-order valence-corrected chi connectivity index (χ4v) is 0.746. The molecule has 0 fully saturated rings. The average Bonchev–Trinajstić information content (AvgIpc) is 1.84. The molecule has 5 nitrogen and oxygen atoms in total. The predicted molar refractivity (Wildman–Crippen MR) is 45.2 cm³/mol. The van der Waals surface area contributed by atoms with Crippen molar-refractivity contribution < 1.29 is 9.59 Å². The smallest absolute Gasteiger partial charge is 0.313 e. The number of primary amides is 2. The molecule has 5 heteroatoms. The number of hydrogen-bond acceptors (Lipinski definition) is 2. The summed E-state index contributed by atoms with van der Waals surface area (Å²) in [5, 5.41) is 2.32. The SMILES string of the molecule is CC(C)C(C)(NC(N)=O)C(N)=O. The highest BCUT2D eigenvalue weighted by molar-refractivity contribution is 5.89. The zero-order chi connectivity index (χ0) is 9.94. The van der Waals surface area contributed by atoms with Crippen molar-refractivity contribution in [2.45, 2.75) is 26.3 Å². The molecule has 0 aliphatic heterocycles. The molecule has 0 saturated carbocycles. The lowest BCUT2D eigenvalue weighted by Gasteiger charge is -2.30. The lowest BCUT2D eigenvalue weighted by atomic mass is 9.88. The van der Waals surface area contributed by atoms with Crippen LogP contribution in [-0.2, 0) is 4.79 Å². The number of carbonyl (C=O) groups excluding carboxylic acids is 2. The van der Waals surface area contributed by atoms with Crippen molar-refractivity contribution in [1.29, 1.82) is 0 Å². The molecular weight excluding hydrogens is 158 g/mol. The van der Waals surface area contributed by atoms with Gasteiger partial charge in [-0.25, -0.2) is 4.79 Å². The number of nitrogens with one attached hydrogen (secondary N) is 1. The van der Waals surface area contributed by atoms with E-state index in [0.717, 1.165) is 0 Å². The van der Waals surface area contributed by atoms with Crippen molar-refractivity contribution in [3.05, 3.63) is 0 Å². The lowest BCUT2D eigenvalue weighted by molar-refractivity contribution is -0.124. The van der Waals surface area contributed by atoms with E-state index in [-0.39, 0.29) is 5.92 Å². The number of rotatable bonds is 3. The summed E-state index contributed by atoms with van der Waals surface area (Å²) in [6.45, 7) is 5.10. The first-order chi connectivity index (χ1) is 5.30. The fourth-order valence-electron chi connectivity index (χ4n) is 0.746. The summed E-state index contributed by atoms with van der Waals surface area (Å²) in [6, 6.07) is -0.745. The molecule has 0 aromatic carbocycles. The second-order valence-electron chi connectivity index (χ2n) is 3.21. The van der Waals surface area contributed by atoms with Crippen LogP contribution < -0.4 is 16.8 Å². The second kappa shape index (κ2) is 3.42. The van der Waals surface area contributed by atoms with Crippen molar-refractivity contribution in [3.8, 4) is 0 Å². The molecule has 70 valence electrons. The lowest BCUT2D eigenvalue weighted by Crippen LogP contribution is -2.59. The van der Waals surface area contributed by atoms with Crippen LogP contribution in [0.25, 0.3) is 0 Å². The van der Waals surface area contributed by atoms with Gasteiger partial charge in [0.25, 0.3) is 0 Å². The average molecular weight is 173 g/mol. The topological polar surface area (TPSA) is 98.2 Å². The molecule has 0 aromatic heterocycles. The van der Waals surface area contributed by atoms with E-state index in [9.17, 15) is 9.59 Å². The van der Waals surface area contributed by atoms with Gasteiger partial charge in [0.15, 0.2) is 0 Å². The first-order valence-electron chi connectivity index (χ1n) is 3.68. The largest absolute Gasteiger partial charge is 0.368 e. The maximum Gasteiger partial charge on any atom is 0.313 e. The molecule has 3 amide bonds. The zero-order valence-corrected chi connectivity index (χ0v) is 7.55. The van der Waals surface area contributed by atoms with E-state index < -0.39 is 17.5 Å². The van der Waals surface area contributed by atoms with Crippen molar-refractivity contribution in [2.75, 3.05) is 0 Å². The van der Waals surface area contributed by atoms with Crippen LogP contribution in [0.15, 0.2) is 0 Å². The summed E-state index contributed by atoms with van der Waals surface area (Å²) < 4.78 is 0. The molecule has 1 atom stereocenters. The molecule has 0 aromatic rings. The molecule has 0 saturated heterocycles. The zero-order valence-electron chi connectivity index (χ0n) is 7.55. The molecule has 0 radical (unpaired) electrons. The highest BCUT2D eigenvalue weighted by atomic mass is 16.2. The Morgan fingerprint density at radius 2 is 1.75 bits per heavy atom. The van der Waals surface area contributed by atoms with Crippen molar-refractivity contribution in [1.82, 2.24) is 5.32 Å². The molecule has 12 heavy (non-hydrogen) atoms. The van der Waals surface area contributed by atoms with Gasteiger partial charge in [0.2, 0.25) is 5.91 Å². The molecule has 5 N–H and O–H groups in total. The summed E-state index contributed by atoms with van der Waals surface area (Å²) >= 11 is 0. The Balaban J connectivity index is 4.62. The Labute approximate surface area is 71.5 Å². The van der Waals surface area contributed by atoms with E-state index in [2.05, 4.69) is 5.32 Å². The van der Waals surface area contributed by atoms with E-state index in [1.165, 1.54) is 0 Å². The maximum absolute atomic E-state index is 11.0. The predicted octanol–water partition coefficient (Wildman–Crippen LogP) is -0.445. The van der Waals surface area contributed by atoms with E-state index >= 15 is 0 Å². The highest BCUT2D eigenvalue weighted by Gasteiger charge is 2.35. The minimum Gasteiger partial charge on any atom is -0.368 e. The van der Waals surface area contributed by atoms with Crippen LogP contribution in [0, 0.1) is 5.92 Å². The third-order valence-corrected chi connectivity index (χ3v) is 2.05. The highest BCUT2D eigenvalue weighted by Crippen LogP contribution is 2.15. The Bertz CT molecular complexity index is 203. The summed E-state index contributed by atoms with van der Waals surface area (Å²) in [7, 11) is 0. The van der Waals surface area contributed by atoms with E-state index in [4.69, 9.17) is 11.5 Å². The number of urea groups is 1. The van der Waals surface area contributed by atoms with Gasteiger partial charge in [-0.3, -0.25) is 4.79 Å². The van der Waals surface area contributed by atoms with Crippen molar-refractivity contribution in [2.24, 2.45) is 17.4 Å². The van der Waals surface area contributed by atoms with Gasteiger partial charge in [-0.05, 0) is 12.8 Å². The summed E-state index contributed by atoms with van der Waals surface area (Å²) in [6.07, 6.45) is 0. The normalized spacial score (nSPS) is 15.3. The van der Waals surface area contributed by atoms with Gasteiger partial charge in [-0.1, -0.05) is 13.8 Å². The van der Waals surface area contributed by atoms with Crippen molar-refractivity contribution >= 4 is 11.9 Å². The number of nitrogens with two attached hydrogens (primary N) is 2. The van der Waals surface area contributed by atoms with Gasteiger partial charge in [0.1, 0.15) is 5.54 Å². The Morgan fingerprint density at radius 3 is 1.83 bits per heavy atom. The van der Waals surface area contributed by atoms with Gasteiger partial charge >= 0.3 is 6.03 Å². The van der Waals surface area contributed by atoms with Crippen molar-refractivity contribution in [3.63, 3.8) is 0 Å². The van der Waals surface area contributed by atoms with Crippen LogP contribution in [-0.4, -0.2) is 17.5 Å².